The summed E-state index contributed by atoms with van der Waals surface area (Å²) in [5.74, 6) is 0.638. The lowest BCUT2D eigenvalue weighted by Gasteiger charge is -2.28. The summed E-state index contributed by atoms with van der Waals surface area (Å²) in [4.78, 5) is 16.8. The minimum Gasteiger partial charge on any atom is -0.370 e. The Morgan fingerprint density at radius 3 is 2.75 bits per heavy atom. The van der Waals surface area contributed by atoms with Crippen molar-refractivity contribution in [3.63, 3.8) is 0 Å². The fourth-order valence-corrected chi connectivity index (χ4v) is 4.27. The number of aromatic nitrogens is 2. The topological polar surface area (TPSA) is 51.8 Å². The average Bonchev–Trinajstić information content (AvgIpc) is 3.45. The first-order chi connectivity index (χ1) is 13.6. The molecule has 2 fully saturated rings. The second kappa shape index (κ2) is 8.64. The second-order valence-electron chi connectivity index (χ2n) is 7.83. The zero-order valence-electron chi connectivity index (χ0n) is 16.3. The molecule has 0 unspecified atom stereocenters. The third-order valence-electron chi connectivity index (χ3n) is 5.78. The van der Waals surface area contributed by atoms with E-state index in [0.29, 0.717) is 17.5 Å². The van der Waals surface area contributed by atoms with Gasteiger partial charge in [-0.3, -0.25) is 9.48 Å². The van der Waals surface area contributed by atoms with Crippen molar-refractivity contribution in [1.29, 1.82) is 0 Å². The molecule has 2 aliphatic rings. The van der Waals surface area contributed by atoms with Crippen molar-refractivity contribution < 1.29 is 14.4 Å². The highest BCUT2D eigenvalue weighted by Gasteiger charge is 2.45. The molecule has 0 bridgehead atoms. The molecule has 1 saturated heterocycles. The predicted octanol–water partition coefficient (Wildman–Crippen LogP) is 1.12. The Kier molecular flexibility index (Phi) is 5.99. The van der Waals surface area contributed by atoms with Crippen LogP contribution >= 0.6 is 11.6 Å². The van der Waals surface area contributed by atoms with E-state index in [2.05, 4.69) is 17.2 Å². The molecule has 4 rings (SSSR count). The maximum atomic E-state index is 13.3. The van der Waals surface area contributed by atoms with E-state index in [4.69, 9.17) is 16.3 Å². The number of nitrogens with zero attached hydrogens (tertiary/aromatic N) is 3. The van der Waals surface area contributed by atoms with Crippen molar-refractivity contribution in [3.8, 4) is 0 Å². The van der Waals surface area contributed by atoms with Crippen LogP contribution in [0.1, 0.15) is 23.6 Å². The lowest BCUT2D eigenvalue weighted by molar-refractivity contribution is -0.907. The quantitative estimate of drug-likeness (QED) is 0.753. The van der Waals surface area contributed by atoms with Crippen LogP contribution in [0.25, 0.3) is 0 Å². The maximum absolute atomic E-state index is 13.3. The van der Waals surface area contributed by atoms with Gasteiger partial charge in [0.25, 0.3) is 0 Å². The van der Waals surface area contributed by atoms with Crippen LogP contribution in [-0.4, -0.2) is 60.0 Å². The van der Waals surface area contributed by atoms with Gasteiger partial charge in [-0.1, -0.05) is 41.9 Å². The molecule has 7 heteroatoms. The molecule has 1 aliphatic carbocycles. The molecule has 150 valence electrons. The highest BCUT2D eigenvalue weighted by atomic mass is 35.5. The monoisotopic (exact) mass is 403 g/mol. The summed E-state index contributed by atoms with van der Waals surface area (Å²) in [6.45, 7) is 5.73. The van der Waals surface area contributed by atoms with E-state index >= 15 is 0 Å². The van der Waals surface area contributed by atoms with E-state index in [1.807, 2.05) is 30.1 Å². The minimum atomic E-state index is 0.0737. The van der Waals surface area contributed by atoms with Gasteiger partial charge in [-0.25, -0.2) is 0 Å². The van der Waals surface area contributed by atoms with Gasteiger partial charge >= 0.3 is 0 Å². The summed E-state index contributed by atoms with van der Waals surface area (Å²) in [5.41, 5.74) is 2.03. The highest BCUT2D eigenvalue weighted by molar-refractivity contribution is 6.31. The van der Waals surface area contributed by atoms with Crippen LogP contribution < -0.4 is 4.90 Å². The van der Waals surface area contributed by atoms with E-state index in [-0.39, 0.29) is 11.8 Å². The molecule has 2 atom stereocenters. The highest BCUT2D eigenvalue weighted by Crippen LogP contribution is 2.48. The smallest absolute Gasteiger partial charge is 0.226 e. The number of hydrogen-bond acceptors (Lipinski definition) is 3. The molecule has 1 aromatic carbocycles. The van der Waals surface area contributed by atoms with Gasteiger partial charge in [0.05, 0.1) is 37.9 Å². The fraction of sp³-hybridized carbons (Fsp3) is 0.524. The molecule has 2 heterocycles. The summed E-state index contributed by atoms with van der Waals surface area (Å²) in [5, 5.41) is 5.07. The Hall–Kier alpha value is -1.89. The van der Waals surface area contributed by atoms with E-state index in [1.165, 1.54) is 10.5 Å². The second-order valence-corrected chi connectivity index (χ2v) is 8.24. The molecule has 1 aliphatic heterocycles. The number of aryl methyl sites for hydroxylation is 1. The minimum absolute atomic E-state index is 0.0737. The Bertz CT molecular complexity index is 804. The van der Waals surface area contributed by atoms with Crippen LogP contribution in [0.5, 0.6) is 0 Å². The Morgan fingerprint density at radius 1 is 1.32 bits per heavy atom. The van der Waals surface area contributed by atoms with Crippen molar-refractivity contribution in [2.45, 2.75) is 18.9 Å². The molecule has 1 N–H and O–H groups in total. The zero-order valence-corrected chi connectivity index (χ0v) is 17.1. The van der Waals surface area contributed by atoms with E-state index < -0.39 is 0 Å². The van der Waals surface area contributed by atoms with Crippen molar-refractivity contribution in [2.24, 2.45) is 13.0 Å². The van der Waals surface area contributed by atoms with Crippen molar-refractivity contribution >= 4 is 17.5 Å². The van der Waals surface area contributed by atoms with Crippen molar-refractivity contribution in [2.75, 3.05) is 39.4 Å². The maximum Gasteiger partial charge on any atom is 0.226 e. The third-order valence-corrected chi connectivity index (χ3v) is 6.09. The largest absolute Gasteiger partial charge is 0.370 e. The van der Waals surface area contributed by atoms with Gasteiger partial charge < -0.3 is 14.5 Å². The van der Waals surface area contributed by atoms with Crippen LogP contribution in [0.15, 0.2) is 36.5 Å². The normalized spacial score (nSPS) is 22.2. The molecular formula is C21H28ClN4O2+. The molecule has 1 aromatic heterocycles. The number of nitrogens with one attached hydrogen (secondary N) is 1. The van der Waals surface area contributed by atoms with Crippen LogP contribution in [0.3, 0.4) is 0 Å². The van der Waals surface area contributed by atoms with Gasteiger partial charge in [0.1, 0.15) is 18.8 Å². The van der Waals surface area contributed by atoms with E-state index in [1.54, 1.807) is 10.9 Å². The number of rotatable bonds is 7. The predicted molar refractivity (Wildman–Crippen MR) is 107 cm³/mol. The Balaban J connectivity index is 1.44. The Labute approximate surface area is 171 Å². The molecule has 0 spiro atoms. The van der Waals surface area contributed by atoms with Gasteiger partial charge in [0.2, 0.25) is 5.91 Å². The van der Waals surface area contributed by atoms with Gasteiger partial charge in [-0.05, 0) is 17.9 Å². The van der Waals surface area contributed by atoms with Crippen molar-refractivity contribution in [3.05, 3.63) is 52.8 Å². The van der Waals surface area contributed by atoms with E-state index in [0.717, 1.165) is 51.5 Å². The number of amides is 1. The number of halogens is 1. The lowest BCUT2D eigenvalue weighted by Crippen LogP contribution is -3.14. The average molecular weight is 404 g/mol. The molecular weight excluding hydrogens is 376 g/mol. The molecule has 28 heavy (non-hydrogen) atoms. The number of ether oxygens (including phenoxy) is 1. The Morgan fingerprint density at radius 2 is 2.07 bits per heavy atom. The first-order valence-electron chi connectivity index (χ1n) is 10.0. The summed E-state index contributed by atoms with van der Waals surface area (Å²) in [6.07, 6.45) is 2.72. The number of carbonyl (C=O) groups is 1. The van der Waals surface area contributed by atoms with Crippen LogP contribution in [0, 0.1) is 5.92 Å². The molecule has 1 saturated carbocycles. The standard InChI is InChI=1S/C21H27ClN4O2/c1-24-14-19(22)20(23-24)15-26(8-7-25-9-11-28-12-10-25)21(27)18-13-17(18)16-5-3-2-4-6-16/h2-6,14,17-18H,7-13,15H2,1H3/p+1/t17-,18+/m0/s1. The number of benzene rings is 1. The number of hydrogen-bond donors (Lipinski definition) is 1. The van der Waals surface area contributed by atoms with Gasteiger partial charge in [0, 0.05) is 19.2 Å². The van der Waals surface area contributed by atoms with Gasteiger partial charge in [0.15, 0.2) is 0 Å². The van der Waals surface area contributed by atoms with Crippen LogP contribution in [-0.2, 0) is 23.1 Å². The fourth-order valence-electron chi connectivity index (χ4n) is 4.03. The summed E-state index contributed by atoms with van der Waals surface area (Å²) in [6, 6.07) is 10.3. The number of morpholine rings is 1. The lowest BCUT2D eigenvalue weighted by atomic mass is 10.1. The van der Waals surface area contributed by atoms with Crippen molar-refractivity contribution in [1.82, 2.24) is 14.7 Å². The van der Waals surface area contributed by atoms with Gasteiger partial charge in [-0.15, -0.1) is 0 Å². The van der Waals surface area contributed by atoms with E-state index in [9.17, 15) is 4.79 Å². The molecule has 6 nitrogen and oxygen atoms in total. The number of carbonyl (C=O) groups excluding carboxylic acids is 1. The molecule has 1 amide bonds. The summed E-state index contributed by atoms with van der Waals surface area (Å²) < 4.78 is 7.15. The SMILES string of the molecule is Cn1cc(Cl)c(CN(CC[NH+]2CCOCC2)C(=O)[C@@H]2C[C@H]2c2ccccc2)n1. The third kappa shape index (κ3) is 4.57. The molecule has 0 radical (unpaired) electrons. The van der Waals surface area contributed by atoms with Gasteiger partial charge in [-0.2, -0.15) is 5.10 Å². The zero-order chi connectivity index (χ0) is 19.5. The number of quaternary nitrogens is 1. The summed E-state index contributed by atoms with van der Waals surface area (Å²) in [7, 11) is 1.85. The first-order valence-corrected chi connectivity index (χ1v) is 10.4. The van der Waals surface area contributed by atoms with Crippen LogP contribution in [0.2, 0.25) is 5.02 Å². The molecule has 2 aromatic rings. The first kappa shape index (κ1) is 19.4. The van der Waals surface area contributed by atoms with Crippen LogP contribution in [0.4, 0.5) is 0 Å². The summed E-state index contributed by atoms with van der Waals surface area (Å²) >= 11 is 6.32.